The molecule has 4 N–H and O–H groups in total. The Kier molecular flexibility index (Phi) is 6.05. The maximum absolute atomic E-state index is 11.3. The molecule has 1 unspecified atom stereocenters. The lowest BCUT2D eigenvalue weighted by Gasteiger charge is -2.32. The maximum atomic E-state index is 11.3. The van der Waals surface area contributed by atoms with Gasteiger partial charge in [0.05, 0.1) is 17.9 Å². The van der Waals surface area contributed by atoms with Gasteiger partial charge >= 0.3 is 12.2 Å². The quantitative estimate of drug-likeness (QED) is 0.691. The molecule has 9 heteroatoms. The summed E-state index contributed by atoms with van der Waals surface area (Å²) in [6.45, 7) is 0.262. The van der Waals surface area contributed by atoms with Crippen LogP contribution in [0.2, 0.25) is 0 Å². The molecule has 2 amide bonds. The van der Waals surface area contributed by atoms with Crippen molar-refractivity contribution in [2.45, 2.75) is 6.04 Å². The summed E-state index contributed by atoms with van der Waals surface area (Å²) in [6.07, 6.45) is 1.00. The Balaban J connectivity index is 2.45. The van der Waals surface area contributed by atoms with E-state index in [1.54, 1.807) is 10.9 Å². The average Bonchev–Trinajstić information content (AvgIpc) is 3.01. The number of benzene rings is 1. The van der Waals surface area contributed by atoms with Crippen LogP contribution in [0.3, 0.4) is 0 Å². The van der Waals surface area contributed by atoms with Gasteiger partial charge < -0.3 is 25.7 Å². The van der Waals surface area contributed by atoms with Crippen molar-refractivity contribution in [2.24, 2.45) is 5.92 Å². The second-order valence-electron chi connectivity index (χ2n) is 6.20. The number of amides is 2. The van der Waals surface area contributed by atoms with Crippen molar-refractivity contribution in [3.63, 3.8) is 0 Å². The van der Waals surface area contributed by atoms with Gasteiger partial charge in [-0.15, -0.1) is 0 Å². The Morgan fingerprint density at radius 3 is 2.08 bits per heavy atom. The molecule has 0 radical (unpaired) electrons. The monoisotopic (exact) mass is 361 g/mol. The lowest BCUT2D eigenvalue weighted by molar-refractivity contribution is 0.123. The van der Waals surface area contributed by atoms with Crippen LogP contribution in [0.1, 0.15) is 11.6 Å². The highest BCUT2D eigenvalue weighted by molar-refractivity contribution is 5.65. The summed E-state index contributed by atoms with van der Waals surface area (Å²) in [5, 5.41) is 22.8. The highest BCUT2D eigenvalue weighted by Gasteiger charge is 2.30. The number of rotatable bonds is 7. The average molecular weight is 361 g/mol. The second-order valence-corrected chi connectivity index (χ2v) is 6.20. The predicted molar refractivity (Wildman–Crippen MR) is 96.0 cm³/mol. The first-order valence-corrected chi connectivity index (χ1v) is 8.02. The SMILES string of the molecule is CN(CC(CN(C)C(=O)O)C(c1ccccc1)n1cc(N)cn1)C(=O)O. The number of hydrogen-bond donors (Lipinski definition) is 3. The van der Waals surface area contributed by atoms with Crippen molar-refractivity contribution in [2.75, 3.05) is 32.9 Å². The van der Waals surface area contributed by atoms with Crippen LogP contribution in [0, 0.1) is 5.92 Å². The Morgan fingerprint density at radius 2 is 1.65 bits per heavy atom. The van der Waals surface area contributed by atoms with Crippen molar-refractivity contribution in [1.82, 2.24) is 19.6 Å². The molecule has 26 heavy (non-hydrogen) atoms. The van der Waals surface area contributed by atoms with Crippen LogP contribution in [-0.4, -0.2) is 69.2 Å². The second kappa shape index (κ2) is 8.24. The fraction of sp³-hybridized carbons (Fsp3) is 0.353. The lowest BCUT2D eigenvalue weighted by Crippen LogP contribution is -2.42. The van der Waals surface area contributed by atoms with Crippen LogP contribution in [0.5, 0.6) is 0 Å². The number of nitrogen functional groups attached to an aromatic ring is 1. The van der Waals surface area contributed by atoms with Crippen molar-refractivity contribution in [3.8, 4) is 0 Å². The third-order valence-corrected chi connectivity index (χ3v) is 4.16. The van der Waals surface area contributed by atoms with E-state index in [4.69, 9.17) is 5.73 Å². The summed E-state index contributed by atoms with van der Waals surface area (Å²) in [6, 6.07) is 9.04. The van der Waals surface area contributed by atoms with Crippen molar-refractivity contribution in [1.29, 1.82) is 0 Å². The van der Waals surface area contributed by atoms with E-state index in [0.717, 1.165) is 15.4 Å². The Hall–Kier alpha value is -3.23. The van der Waals surface area contributed by atoms with E-state index >= 15 is 0 Å². The van der Waals surface area contributed by atoms with Crippen LogP contribution in [-0.2, 0) is 0 Å². The predicted octanol–water partition coefficient (Wildman–Crippen LogP) is 1.89. The molecule has 0 bridgehead atoms. The van der Waals surface area contributed by atoms with E-state index in [0.29, 0.717) is 5.69 Å². The zero-order chi connectivity index (χ0) is 19.3. The molecule has 0 aliphatic heterocycles. The van der Waals surface area contributed by atoms with Crippen LogP contribution >= 0.6 is 0 Å². The molecule has 9 nitrogen and oxygen atoms in total. The topological polar surface area (TPSA) is 125 Å². The lowest BCUT2D eigenvalue weighted by atomic mass is 9.92. The van der Waals surface area contributed by atoms with Gasteiger partial charge in [0.1, 0.15) is 0 Å². The van der Waals surface area contributed by atoms with Gasteiger partial charge in [-0.05, 0) is 5.56 Å². The standard InChI is InChI=1S/C17H23N5O4/c1-20(16(23)24)9-13(10-21(2)17(25)26)15(12-6-4-3-5-7-12)22-11-14(18)8-19-22/h3-8,11,13,15H,9-10,18H2,1-2H3,(H,23,24)(H,25,26). The van der Waals surface area contributed by atoms with Gasteiger partial charge in [0.15, 0.2) is 0 Å². The highest BCUT2D eigenvalue weighted by Crippen LogP contribution is 2.28. The van der Waals surface area contributed by atoms with Gasteiger partial charge in [-0.3, -0.25) is 4.68 Å². The van der Waals surface area contributed by atoms with Crippen LogP contribution in [0.4, 0.5) is 15.3 Å². The van der Waals surface area contributed by atoms with Gasteiger partial charge in [0.2, 0.25) is 0 Å². The number of carbonyl (C=O) groups is 2. The number of nitrogens with zero attached hydrogens (tertiary/aromatic N) is 4. The smallest absolute Gasteiger partial charge is 0.407 e. The minimum Gasteiger partial charge on any atom is -0.465 e. The fourth-order valence-corrected chi connectivity index (χ4v) is 2.91. The van der Waals surface area contributed by atoms with Crippen LogP contribution in [0.15, 0.2) is 42.7 Å². The number of aromatic nitrogens is 2. The Bertz CT molecular complexity index is 727. The van der Waals surface area contributed by atoms with E-state index in [1.165, 1.54) is 20.3 Å². The zero-order valence-corrected chi connectivity index (χ0v) is 14.7. The molecular weight excluding hydrogens is 338 g/mol. The molecule has 1 aromatic carbocycles. The number of carboxylic acid groups (broad SMARTS) is 2. The first kappa shape index (κ1) is 19.1. The van der Waals surface area contributed by atoms with Gasteiger partial charge in [-0.2, -0.15) is 5.10 Å². The molecule has 2 aromatic rings. The first-order chi connectivity index (χ1) is 12.3. The van der Waals surface area contributed by atoms with Crippen molar-refractivity contribution in [3.05, 3.63) is 48.3 Å². The summed E-state index contributed by atoms with van der Waals surface area (Å²) in [5.74, 6) is -0.376. The number of nitrogens with two attached hydrogens (primary N) is 1. The molecule has 0 aliphatic rings. The molecule has 0 saturated carbocycles. The summed E-state index contributed by atoms with van der Waals surface area (Å²) >= 11 is 0. The number of hydrogen-bond acceptors (Lipinski definition) is 4. The van der Waals surface area contributed by atoms with E-state index < -0.39 is 12.2 Å². The summed E-state index contributed by atoms with van der Waals surface area (Å²) in [5.41, 5.74) is 7.16. The molecule has 0 fully saturated rings. The molecule has 140 valence electrons. The molecule has 0 aliphatic carbocycles. The minimum atomic E-state index is -1.08. The maximum Gasteiger partial charge on any atom is 0.407 e. The summed E-state index contributed by atoms with van der Waals surface area (Å²) in [7, 11) is 2.91. The van der Waals surface area contributed by atoms with Gasteiger partial charge in [-0.1, -0.05) is 30.3 Å². The number of anilines is 1. The third-order valence-electron chi connectivity index (χ3n) is 4.16. The van der Waals surface area contributed by atoms with Gasteiger partial charge in [-0.25, -0.2) is 9.59 Å². The van der Waals surface area contributed by atoms with Gasteiger partial charge in [0.25, 0.3) is 0 Å². The Morgan fingerprint density at radius 1 is 1.12 bits per heavy atom. The molecule has 1 atom stereocenters. The third kappa shape index (κ3) is 4.65. The van der Waals surface area contributed by atoms with Crippen LogP contribution in [0.25, 0.3) is 0 Å². The molecule has 2 rings (SSSR count). The highest BCUT2D eigenvalue weighted by atomic mass is 16.4. The van der Waals surface area contributed by atoms with Crippen molar-refractivity contribution >= 4 is 17.9 Å². The van der Waals surface area contributed by atoms with Gasteiger partial charge in [0, 0.05) is 39.3 Å². The van der Waals surface area contributed by atoms with Crippen LogP contribution < -0.4 is 5.73 Å². The summed E-state index contributed by atoms with van der Waals surface area (Å²) in [4.78, 5) is 24.9. The first-order valence-electron chi connectivity index (χ1n) is 8.02. The molecule has 0 saturated heterocycles. The Labute approximate surface area is 151 Å². The summed E-state index contributed by atoms with van der Waals surface area (Å²) < 4.78 is 1.65. The largest absolute Gasteiger partial charge is 0.465 e. The van der Waals surface area contributed by atoms with E-state index in [-0.39, 0.29) is 25.0 Å². The molecular formula is C17H23N5O4. The van der Waals surface area contributed by atoms with E-state index in [9.17, 15) is 19.8 Å². The molecule has 1 heterocycles. The normalized spacial score (nSPS) is 12.0. The molecule has 0 spiro atoms. The van der Waals surface area contributed by atoms with E-state index in [2.05, 4.69) is 5.10 Å². The van der Waals surface area contributed by atoms with E-state index in [1.807, 2.05) is 30.3 Å². The fourth-order valence-electron chi connectivity index (χ4n) is 2.91. The molecule has 1 aromatic heterocycles. The minimum absolute atomic E-state index is 0.131. The van der Waals surface area contributed by atoms with Crippen molar-refractivity contribution < 1.29 is 19.8 Å². The zero-order valence-electron chi connectivity index (χ0n) is 14.7.